The van der Waals surface area contributed by atoms with E-state index in [0.717, 1.165) is 28.1 Å². The predicted molar refractivity (Wildman–Crippen MR) is 632 cm³/mol. The summed E-state index contributed by atoms with van der Waals surface area (Å²) in [5.41, 5.74) is 41.9. The summed E-state index contributed by atoms with van der Waals surface area (Å²) in [7, 11) is 0. The van der Waals surface area contributed by atoms with E-state index in [-0.39, 0.29) is 0 Å². The molecule has 0 atom stereocenters. The Bertz CT molecular complexity index is 10400. The summed E-state index contributed by atoms with van der Waals surface area (Å²) in [5.74, 6) is 0.916. The van der Waals surface area contributed by atoms with E-state index >= 15 is 0 Å². The molecule has 0 aliphatic heterocycles. The summed E-state index contributed by atoms with van der Waals surface area (Å²) in [4.78, 5) is 4.93. The third kappa shape index (κ3) is 15.3. The highest BCUT2D eigenvalue weighted by Gasteiger charge is 2.25. The van der Waals surface area contributed by atoms with Gasteiger partial charge in [0.05, 0.1) is 77.6 Å². The molecule has 7 aromatic heterocycles. The minimum Gasteiger partial charge on any atom is -0.309 e. The van der Waals surface area contributed by atoms with Crippen LogP contribution in [-0.2, 0) is 0 Å². The van der Waals surface area contributed by atoms with E-state index in [1.165, 1.54) is 237 Å². The van der Waals surface area contributed by atoms with Gasteiger partial charge in [0.15, 0.2) is 0 Å². The van der Waals surface area contributed by atoms with Gasteiger partial charge in [-0.3, -0.25) is 4.57 Å². The van der Waals surface area contributed by atoms with Crippen molar-refractivity contribution in [1.29, 1.82) is 0 Å². The molecule has 150 heavy (non-hydrogen) atoms. The number of benzene rings is 23. The van der Waals surface area contributed by atoms with Crippen LogP contribution in [-0.4, -0.2) is 32.4 Å². The molecule has 0 fully saturated rings. The molecule has 30 rings (SSSR count). The predicted octanol–water partition coefficient (Wildman–Crippen LogP) is 38.0. The van der Waals surface area contributed by atoms with E-state index in [2.05, 4.69) is 592 Å². The topological polar surface area (TPSA) is 42.5 Å². The molecule has 0 amide bonds. The lowest BCUT2D eigenvalue weighted by Gasteiger charge is -2.17. The van der Waals surface area contributed by atoms with Gasteiger partial charge in [-0.2, -0.15) is 0 Å². The van der Waals surface area contributed by atoms with Gasteiger partial charge in [0.2, 0.25) is 0 Å². The molecule has 0 radical (unpaired) electrons. The van der Waals surface area contributed by atoms with E-state index < -0.39 is 0 Å². The van der Waals surface area contributed by atoms with Crippen molar-refractivity contribution in [2.24, 2.45) is 0 Å². The fourth-order valence-electron chi connectivity index (χ4n) is 23.3. The highest BCUT2D eigenvalue weighted by atomic mass is 15.1. The Labute approximate surface area is 867 Å². The quantitative estimate of drug-likeness (QED) is 0.101. The van der Waals surface area contributed by atoms with Gasteiger partial charge in [-0.25, -0.2) is 4.98 Å². The summed E-state index contributed by atoms with van der Waals surface area (Å²) < 4.78 is 14.3. The Morgan fingerprint density at radius 3 is 0.740 bits per heavy atom. The summed E-state index contributed by atoms with van der Waals surface area (Å²) >= 11 is 0. The number of rotatable bonds is 15. The van der Waals surface area contributed by atoms with Crippen molar-refractivity contribution in [2.75, 3.05) is 0 Å². The lowest BCUT2D eigenvalue weighted by molar-refractivity contribution is 1.08. The van der Waals surface area contributed by atoms with Crippen LogP contribution in [0.5, 0.6) is 0 Å². The number of pyridine rings is 1. The van der Waals surface area contributed by atoms with E-state index in [0.29, 0.717) is 0 Å². The normalized spacial score (nSPS) is 11.6. The van der Waals surface area contributed by atoms with Gasteiger partial charge in [-0.1, -0.05) is 394 Å². The molecule has 0 saturated heterocycles. The number of para-hydroxylation sites is 10. The molecular weight excluding hydrogens is 1820 g/mol. The SMILES string of the molecule is c1ccc(-c2ccc(-n3c4ccccc4c4cc(-c5ccc6c(c5)c5ccccc5n6-c5ccccc5)ccc43)nc2)cc1.c1ccc(-c2cccc(-c3ccccc3-n3c4ccccc4c4cc(-c5ccc6c(c5)c5ccccc5n6-c5ccccc5)ccc43)c2)cc1.c1ccc(-c2cccc(-n3c4ccccc4c4cc(-c5ccc6c(c5)c5ccccc5n6-c5ccccc5-c5ccccc5-c5ccccc5)ccc43)c2)cc1. The lowest BCUT2D eigenvalue weighted by atomic mass is 9.93. The average Bonchev–Trinajstić information content (AvgIpc) is 1.58. The van der Waals surface area contributed by atoms with Crippen LogP contribution in [0.15, 0.2) is 576 Å². The second-order valence-electron chi connectivity index (χ2n) is 38.8. The maximum absolute atomic E-state index is 4.93. The molecule has 7 nitrogen and oxygen atoms in total. The van der Waals surface area contributed by atoms with Gasteiger partial charge in [0, 0.05) is 105 Å². The van der Waals surface area contributed by atoms with Crippen molar-refractivity contribution < 1.29 is 0 Å². The fourth-order valence-corrected chi connectivity index (χ4v) is 23.3. The van der Waals surface area contributed by atoms with E-state index in [1.807, 2.05) is 12.3 Å². The molecule has 23 aromatic carbocycles. The Morgan fingerprint density at radius 1 is 0.113 bits per heavy atom. The molecule has 0 saturated carbocycles. The largest absolute Gasteiger partial charge is 0.309 e. The van der Waals surface area contributed by atoms with E-state index in [9.17, 15) is 0 Å². The number of hydrogen-bond donors (Lipinski definition) is 0. The number of fused-ring (bicyclic) bond motifs is 18. The molecule has 0 bridgehead atoms. The second-order valence-corrected chi connectivity index (χ2v) is 38.8. The lowest BCUT2D eigenvalue weighted by Crippen LogP contribution is -1.98. The second kappa shape index (κ2) is 37.3. The van der Waals surface area contributed by atoms with Crippen LogP contribution < -0.4 is 0 Å². The first-order chi connectivity index (χ1) is 74.4. The Hall–Kier alpha value is -20.0. The van der Waals surface area contributed by atoms with Crippen molar-refractivity contribution >= 4 is 131 Å². The van der Waals surface area contributed by atoms with Crippen LogP contribution in [0, 0.1) is 0 Å². The smallest absolute Gasteiger partial charge is 0.137 e. The van der Waals surface area contributed by atoms with Crippen molar-refractivity contribution in [1.82, 2.24) is 32.4 Å². The van der Waals surface area contributed by atoms with E-state index in [4.69, 9.17) is 4.98 Å². The standard InChI is InChI=1S/C54H36N2.C48H32N2.C41H27N3/c1-3-16-37(17-4-1)39-20-15-21-42(34-39)55-50-27-12-10-25-46(50)48-35-40(30-32-53(48)55)41-31-33-54-49(36-41)47-26-11-14-29-52(47)56(54)51-28-13-9-24-45(51)44-23-8-7-22-43(44)38-18-5-2-6-19-38;1-3-14-33(15-4-1)34-16-13-17-37(30-34)39-20-7-10-23-44(39)50-46-25-12-9-22-41(46)43-32-36(27-29-48(43)50)35-26-28-47-42(31-35)40-21-8-11-24-45(40)49(47)38-18-5-2-6-19-38;1-3-11-28(12-4-1)31-21-24-41(42-27-31)44-38-18-10-8-16-34(38)36-26-30(20-23-40(36)44)29-19-22-39-35(25-29)33-15-7-9-17-37(33)43(39)32-13-5-2-6-14-32/h1-36H;1-32H;1-27H. The van der Waals surface area contributed by atoms with Gasteiger partial charge < -0.3 is 22.8 Å². The monoisotopic (exact) mass is 1910 g/mol. The highest BCUT2D eigenvalue weighted by molar-refractivity contribution is 6.18. The Kier molecular flexibility index (Phi) is 21.8. The van der Waals surface area contributed by atoms with Crippen LogP contribution in [0.2, 0.25) is 0 Å². The van der Waals surface area contributed by atoms with Crippen molar-refractivity contribution in [3.05, 3.63) is 576 Å². The summed E-state index contributed by atoms with van der Waals surface area (Å²) in [6, 6.07) is 206. The van der Waals surface area contributed by atoms with E-state index in [1.54, 1.807) is 0 Å². The molecular formula is C143H95N7. The number of aromatic nitrogens is 7. The van der Waals surface area contributed by atoms with Gasteiger partial charge >= 0.3 is 0 Å². The van der Waals surface area contributed by atoms with Crippen molar-refractivity contribution in [3.63, 3.8) is 0 Å². The summed E-state index contributed by atoms with van der Waals surface area (Å²) in [5, 5.41) is 15.0. The number of nitrogens with zero attached hydrogens (tertiary/aromatic N) is 7. The molecule has 0 spiro atoms. The average molecular weight is 1910 g/mol. The Balaban J connectivity index is 0.000000109. The first-order valence-electron chi connectivity index (χ1n) is 51.4. The summed E-state index contributed by atoms with van der Waals surface area (Å²) in [6.07, 6.45) is 1.97. The van der Waals surface area contributed by atoms with Crippen molar-refractivity contribution in [2.45, 2.75) is 0 Å². The molecule has 0 aliphatic carbocycles. The molecule has 7 heterocycles. The molecule has 702 valence electrons. The highest BCUT2D eigenvalue weighted by Crippen LogP contribution is 2.48. The van der Waals surface area contributed by atoms with Crippen LogP contribution in [0.3, 0.4) is 0 Å². The Morgan fingerprint density at radius 2 is 0.353 bits per heavy atom. The van der Waals surface area contributed by atoms with Crippen LogP contribution >= 0.6 is 0 Å². The van der Waals surface area contributed by atoms with Gasteiger partial charge in [0.1, 0.15) is 5.82 Å². The zero-order valence-corrected chi connectivity index (χ0v) is 82.0. The maximum Gasteiger partial charge on any atom is 0.137 e. The van der Waals surface area contributed by atoms with Crippen molar-refractivity contribution in [3.8, 4) is 134 Å². The zero-order valence-electron chi connectivity index (χ0n) is 82.0. The molecule has 0 N–H and O–H groups in total. The molecule has 7 heteroatoms. The zero-order chi connectivity index (χ0) is 99.1. The molecule has 0 unspecified atom stereocenters. The van der Waals surface area contributed by atoms with Crippen LogP contribution in [0.4, 0.5) is 0 Å². The van der Waals surface area contributed by atoms with Crippen LogP contribution in [0.25, 0.3) is 265 Å². The molecule has 0 aliphatic rings. The first-order valence-corrected chi connectivity index (χ1v) is 51.4. The number of hydrogen-bond acceptors (Lipinski definition) is 1. The first kappa shape index (κ1) is 87.8. The van der Waals surface area contributed by atoms with Gasteiger partial charge in [-0.15, -0.1) is 0 Å². The third-order valence-electron chi connectivity index (χ3n) is 30.2. The summed E-state index contributed by atoms with van der Waals surface area (Å²) in [6.45, 7) is 0. The minimum atomic E-state index is 0.916. The van der Waals surface area contributed by atoms with Gasteiger partial charge in [0.25, 0.3) is 0 Å². The maximum atomic E-state index is 4.93. The third-order valence-corrected chi connectivity index (χ3v) is 30.2. The van der Waals surface area contributed by atoms with Gasteiger partial charge in [-0.05, 0) is 259 Å². The van der Waals surface area contributed by atoms with Crippen LogP contribution in [0.1, 0.15) is 0 Å². The fraction of sp³-hybridized carbons (Fsp3) is 0. The minimum absolute atomic E-state index is 0.916. The molecule has 30 aromatic rings.